The Balaban J connectivity index is 2.70. The van der Waals surface area contributed by atoms with Crippen molar-refractivity contribution in [3.8, 4) is 0 Å². The van der Waals surface area contributed by atoms with Crippen molar-refractivity contribution in [1.82, 2.24) is 4.98 Å². The fourth-order valence-electron chi connectivity index (χ4n) is 2.52. The SMILES string of the molecule is CCCc1cc2cccc(C(C)(C)C)c2nc1NC. The van der Waals surface area contributed by atoms with Gasteiger partial charge >= 0.3 is 0 Å². The Hall–Kier alpha value is -1.57. The molecule has 1 N–H and O–H groups in total. The Kier molecular flexibility index (Phi) is 3.79. The molecule has 0 aliphatic rings. The number of nitrogens with zero attached hydrogens (tertiary/aromatic N) is 1. The number of anilines is 1. The largest absolute Gasteiger partial charge is 0.373 e. The first-order valence-electron chi connectivity index (χ1n) is 7.08. The molecule has 0 radical (unpaired) electrons. The molecule has 0 aliphatic carbocycles. The van der Waals surface area contributed by atoms with Crippen molar-refractivity contribution in [1.29, 1.82) is 0 Å². The molecule has 0 saturated heterocycles. The van der Waals surface area contributed by atoms with E-state index in [-0.39, 0.29) is 5.41 Å². The molecule has 2 heteroatoms. The van der Waals surface area contributed by atoms with Gasteiger partial charge in [-0.15, -0.1) is 0 Å². The summed E-state index contributed by atoms with van der Waals surface area (Å²) in [7, 11) is 1.95. The van der Waals surface area contributed by atoms with Crippen molar-refractivity contribution in [3.05, 3.63) is 35.4 Å². The maximum atomic E-state index is 4.87. The van der Waals surface area contributed by atoms with Crippen LogP contribution in [0.4, 0.5) is 5.82 Å². The highest BCUT2D eigenvalue weighted by Crippen LogP contribution is 2.31. The predicted octanol–water partition coefficient (Wildman–Crippen LogP) is 4.53. The number of benzene rings is 1. The Labute approximate surface area is 116 Å². The summed E-state index contributed by atoms with van der Waals surface area (Å²) in [5.41, 5.74) is 3.86. The standard InChI is InChI=1S/C17H24N2/c1-6-8-13-11-12-9-7-10-14(17(2,3)4)15(12)19-16(13)18-5/h7,9-11H,6,8H2,1-5H3,(H,18,19). The van der Waals surface area contributed by atoms with Crippen LogP contribution in [0.25, 0.3) is 10.9 Å². The number of hydrogen-bond acceptors (Lipinski definition) is 2. The number of pyridine rings is 1. The van der Waals surface area contributed by atoms with E-state index in [1.54, 1.807) is 0 Å². The van der Waals surface area contributed by atoms with E-state index in [9.17, 15) is 0 Å². The second-order valence-electron chi connectivity index (χ2n) is 6.12. The second kappa shape index (κ2) is 5.20. The van der Waals surface area contributed by atoms with E-state index in [4.69, 9.17) is 4.98 Å². The lowest BCUT2D eigenvalue weighted by Crippen LogP contribution is -2.13. The van der Waals surface area contributed by atoms with E-state index >= 15 is 0 Å². The molecule has 1 aromatic carbocycles. The molecule has 0 bridgehead atoms. The van der Waals surface area contributed by atoms with Crippen LogP contribution in [0, 0.1) is 0 Å². The minimum absolute atomic E-state index is 0.115. The van der Waals surface area contributed by atoms with Crippen molar-refractivity contribution in [2.45, 2.75) is 46.0 Å². The van der Waals surface area contributed by atoms with Gasteiger partial charge in [0, 0.05) is 12.4 Å². The van der Waals surface area contributed by atoms with Gasteiger partial charge in [0.05, 0.1) is 5.52 Å². The van der Waals surface area contributed by atoms with Crippen molar-refractivity contribution in [2.24, 2.45) is 0 Å². The van der Waals surface area contributed by atoms with Crippen LogP contribution in [-0.4, -0.2) is 12.0 Å². The van der Waals surface area contributed by atoms with Crippen LogP contribution < -0.4 is 5.32 Å². The van der Waals surface area contributed by atoms with Crippen molar-refractivity contribution in [3.63, 3.8) is 0 Å². The molecule has 0 amide bonds. The Bertz CT molecular complexity index is 580. The quantitative estimate of drug-likeness (QED) is 0.873. The van der Waals surface area contributed by atoms with Crippen LogP contribution in [0.3, 0.4) is 0 Å². The molecule has 0 spiro atoms. The third-order valence-corrected chi connectivity index (χ3v) is 3.49. The van der Waals surface area contributed by atoms with E-state index in [2.05, 4.69) is 57.3 Å². The van der Waals surface area contributed by atoms with Gasteiger partial charge < -0.3 is 5.32 Å². The minimum atomic E-state index is 0.115. The van der Waals surface area contributed by atoms with E-state index in [1.165, 1.54) is 16.5 Å². The maximum absolute atomic E-state index is 4.87. The average molecular weight is 256 g/mol. The number of hydrogen-bond donors (Lipinski definition) is 1. The number of aromatic nitrogens is 1. The Morgan fingerprint density at radius 2 is 1.95 bits per heavy atom. The Morgan fingerprint density at radius 3 is 2.53 bits per heavy atom. The molecular weight excluding hydrogens is 232 g/mol. The summed E-state index contributed by atoms with van der Waals surface area (Å²) in [6.45, 7) is 8.92. The summed E-state index contributed by atoms with van der Waals surface area (Å²) in [6, 6.07) is 8.77. The molecule has 1 heterocycles. The van der Waals surface area contributed by atoms with Crippen LogP contribution in [0.5, 0.6) is 0 Å². The van der Waals surface area contributed by atoms with Gasteiger partial charge in [-0.05, 0) is 29.0 Å². The number of aryl methyl sites for hydroxylation is 1. The van der Waals surface area contributed by atoms with Crippen LogP contribution in [0.1, 0.15) is 45.2 Å². The van der Waals surface area contributed by atoms with Gasteiger partial charge in [0.2, 0.25) is 0 Å². The fraction of sp³-hybridized carbons (Fsp3) is 0.471. The lowest BCUT2D eigenvalue weighted by molar-refractivity contribution is 0.594. The summed E-state index contributed by atoms with van der Waals surface area (Å²) in [5.74, 6) is 1.02. The van der Waals surface area contributed by atoms with Gasteiger partial charge in [-0.1, -0.05) is 52.3 Å². The van der Waals surface area contributed by atoms with Gasteiger partial charge in [-0.3, -0.25) is 0 Å². The van der Waals surface area contributed by atoms with Gasteiger partial charge in [0.15, 0.2) is 0 Å². The number of para-hydroxylation sites is 1. The molecular formula is C17H24N2. The predicted molar refractivity (Wildman–Crippen MR) is 84.0 cm³/mol. The summed E-state index contributed by atoms with van der Waals surface area (Å²) in [6.07, 6.45) is 2.21. The summed E-state index contributed by atoms with van der Waals surface area (Å²) < 4.78 is 0. The summed E-state index contributed by atoms with van der Waals surface area (Å²) in [4.78, 5) is 4.87. The van der Waals surface area contributed by atoms with Gasteiger partial charge in [0.25, 0.3) is 0 Å². The molecule has 2 rings (SSSR count). The highest BCUT2D eigenvalue weighted by atomic mass is 15.0. The first-order chi connectivity index (χ1) is 8.97. The molecule has 0 atom stereocenters. The normalized spacial score (nSPS) is 11.8. The smallest absolute Gasteiger partial charge is 0.129 e. The minimum Gasteiger partial charge on any atom is -0.373 e. The monoisotopic (exact) mass is 256 g/mol. The molecule has 0 fully saturated rings. The van der Waals surface area contributed by atoms with E-state index < -0.39 is 0 Å². The maximum Gasteiger partial charge on any atom is 0.129 e. The highest BCUT2D eigenvalue weighted by Gasteiger charge is 2.18. The third kappa shape index (κ3) is 2.73. The van der Waals surface area contributed by atoms with E-state index in [1.807, 2.05) is 7.05 Å². The Morgan fingerprint density at radius 1 is 1.21 bits per heavy atom. The van der Waals surface area contributed by atoms with Gasteiger partial charge in [0.1, 0.15) is 5.82 Å². The molecule has 2 nitrogen and oxygen atoms in total. The third-order valence-electron chi connectivity index (χ3n) is 3.49. The molecule has 0 saturated carbocycles. The summed E-state index contributed by atoms with van der Waals surface area (Å²) >= 11 is 0. The first-order valence-corrected chi connectivity index (χ1v) is 7.08. The zero-order chi connectivity index (χ0) is 14.0. The van der Waals surface area contributed by atoms with Gasteiger partial charge in [-0.25, -0.2) is 4.98 Å². The van der Waals surface area contributed by atoms with Crippen LogP contribution in [-0.2, 0) is 11.8 Å². The van der Waals surface area contributed by atoms with Crippen molar-refractivity contribution in [2.75, 3.05) is 12.4 Å². The number of fused-ring (bicyclic) bond motifs is 1. The van der Waals surface area contributed by atoms with Crippen LogP contribution >= 0.6 is 0 Å². The second-order valence-corrected chi connectivity index (χ2v) is 6.12. The van der Waals surface area contributed by atoms with E-state index in [0.717, 1.165) is 24.2 Å². The molecule has 19 heavy (non-hydrogen) atoms. The molecule has 1 aromatic heterocycles. The topological polar surface area (TPSA) is 24.9 Å². The van der Waals surface area contributed by atoms with Crippen LogP contribution in [0.15, 0.2) is 24.3 Å². The number of nitrogens with one attached hydrogen (secondary N) is 1. The van der Waals surface area contributed by atoms with Gasteiger partial charge in [-0.2, -0.15) is 0 Å². The lowest BCUT2D eigenvalue weighted by Gasteiger charge is -2.21. The van der Waals surface area contributed by atoms with E-state index in [0.29, 0.717) is 0 Å². The zero-order valence-electron chi connectivity index (χ0n) is 12.7. The first kappa shape index (κ1) is 13.9. The lowest BCUT2D eigenvalue weighted by atomic mass is 9.85. The van der Waals surface area contributed by atoms with Crippen LogP contribution in [0.2, 0.25) is 0 Å². The fourth-order valence-corrected chi connectivity index (χ4v) is 2.52. The van der Waals surface area contributed by atoms with Crippen molar-refractivity contribution >= 4 is 16.7 Å². The highest BCUT2D eigenvalue weighted by molar-refractivity contribution is 5.85. The molecule has 102 valence electrons. The van der Waals surface area contributed by atoms with Crippen molar-refractivity contribution < 1.29 is 0 Å². The zero-order valence-corrected chi connectivity index (χ0v) is 12.7. The average Bonchev–Trinajstić information content (AvgIpc) is 2.36. The molecule has 0 aliphatic heterocycles. The summed E-state index contributed by atoms with van der Waals surface area (Å²) in [5, 5.41) is 4.49. The molecule has 2 aromatic rings. The number of rotatable bonds is 3. The molecule has 0 unspecified atom stereocenters.